The molecule has 0 spiro atoms. The molecule has 0 aromatic rings. The lowest BCUT2D eigenvalue weighted by molar-refractivity contribution is -0.110. The summed E-state index contributed by atoms with van der Waals surface area (Å²) in [6, 6.07) is 0. The minimum absolute atomic E-state index is 0.0120. The van der Waals surface area contributed by atoms with Gasteiger partial charge in [0, 0.05) is 6.54 Å². The highest BCUT2D eigenvalue weighted by molar-refractivity contribution is 7.32. The van der Waals surface area contributed by atoms with Gasteiger partial charge in [0.15, 0.2) is 0 Å². The molecule has 0 heterocycles. The van der Waals surface area contributed by atoms with Crippen molar-refractivity contribution in [2.45, 2.75) is 19.1 Å². The molecular formula is C5H12NO5P. The summed E-state index contributed by atoms with van der Waals surface area (Å²) in [6.07, 6.45) is -1.32. The lowest BCUT2D eigenvalue weighted by Gasteiger charge is -2.17. The molecular weight excluding hydrogens is 185 g/mol. The number of carbonyl (C=O) groups excluding carboxylic acids is 1. The van der Waals surface area contributed by atoms with Crippen LogP contribution in [0, 0.1) is 0 Å². The largest absolute Gasteiger partial charge is 0.391 e. The van der Waals surface area contributed by atoms with Gasteiger partial charge in [0.25, 0.3) is 0 Å². The Labute approximate surface area is 70.5 Å². The van der Waals surface area contributed by atoms with Gasteiger partial charge in [-0.3, -0.25) is 9.36 Å². The van der Waals surface area contributed by atoms with Crippen LogP contribution in [0.5, 0.6) is 0 Å². The second-order valence-corrected chi connectivity index (χ2v) is 2.96. The molecule has 0 saturated heterocycles. The van der Waals surface area contributed by atoms with Crippen LogP contribution in [-0.2, 0) is 13.9 Å². The lowest BCUT2D eigenvalue weighted by atomic mass is 10.2. The van der Waals surface area contributed by atoms with Gasteiger partial charge in [0.2, 0.25) is 6.41 Å². The summed E-state index contributed by atoms with van der Waals surface area (Å²) in [5, 5.41) is 11.2. The summed E-state index contributed by atoms with van der Waals surface area (Å²) in [7, 11) is -3.07. The highest BCUT2D eigenvalue weighted by Crippen LogP contribution is 2.19. The van der Waals surface area contributed by atoms with Crippen LogP contribution in [-0.4, -0.2) is 35.2 Å². The zero-order chi connectivity index (χ0) is 9.56. The zero-order valence-electron chi connectivity index (χ0n) is 6.56. The fourth-order valence-corrected chi connectivity index (χ4v) is 1.14. The summed E-state index contributed by atoms with van der Waals surface area (Å²) < 4.78 is 14.7. The molecule has 3 unspecified atom stereocenters. The van der Waals surface area contributed by atoms with Gasteiger partial charge in [-0.05, 0) is 6.92 Å². The number of hydrogen-bond acceptors (Lipinski definition) is 4. The summed E-state index contributed by atoms with van der Waals surface area (Å²) >= 11 is 0. The zero-order valence-corrected chi connectivity index (χ0v) is 7.56. The number of aliphatic hydroxyl groups excluding tert-OH is 1. The predicted molar refractivity (Wildman–Crippen MR) is 41.8 cm³/mol. The van der Waals surface area contributed by atoms with Gasteiger partial charge in [-0.2, -0.15) is 0 Å². The van der Waals surface area contributed by atoms with Crippen molar-refractivity contribution in [1.29, 1.82) is 0 Å². The van der Waals surface area contributed by atoms with Crippen LogP contribution < -0.4 is 5.32 Å². The number of nitrogens with one attached hydrogen (secondary N) is 1. The third-order valence-electron chi connectivity index (χ3n) is 1.19. The molecule has 1 amide bonds. The second-order valence-electron chi connectivity index (χ2n) is 2.19. The first kappa shape index (κ1) is 11.6. The molecule has 72 valence electrons. The van der Waals surface area contributed by atoms with E-state index in [2.05, 4.69) is 9.84 Å². The monoisotopic (exact) mass is 197 g/mol. The van der Waals surface area contributed by atoms with Crippen LogP contribution in [0.4, 0.5) is 0 Å². The second kappa shape index (κ2) is 6.14. The number of carbonyl (C=O) groups is 1. The van der Waals surface area contributed by atoms with Crippen LogP contribution in [0.1, 0.15) is 6.92 Å². The van der Waals surface area contributed by atoms with Gasteiger partial charge in [0.1, 0.15) is 6.10 Å². The quantitative estimate of drug-likeness (QED) is 0.370. The van der Waals surface area contributed by atoms with Gasteiger partial charge < -0.3 is 19.8 Å². The van der Waals surface area contributed by atoms with E-state index >= 15 is 0 Å². The molecule has 0 aromatic heterocycles. The van der Waals surface area contributed by atoms with Crippen LogP contribution in [0.3, 0.4) is 0 Å². The first-order chi connectivity index (χ1) is 5.57. The summed E-state index contributed by atoms with van der Waals surface area (Å²) in [5.74, 6) is 0. The molecule has 3 atom stereocenters. The Hall–Kier alpha value is -0.420. The van der Waals surface area contributed by atoms with E-state index in [4.69, 9.17) is 10.00 Å². The van der Waals surface area contributed by atoms with Gasteiger partial charge in [0.05, 0.1) is 6.10 Å². The molecule has 0 saturated carbocycles. The Bertz CT molecular complexity index is 162. The van der Waals surface area contributed by atoms with Gasteiger partial charge in [-0.25, -0.2) is 0 Å². The molecule has 0 fully saturated rings. The molecule has 12 heavy (non-hydrogen) atoms. The molecule has 0 rings (SSSR count). The summed E-state index contributed by atoms with van der Waals surface area (Å²) in [4.78, 5) is 18.2. The van der Waals surface area contributed by atoms with Crippen LogP contribution in [0.2, 0.25) is 0 Å². The molecule has 7 heteroatoms. The maximum Gasteiger partial charge on any atom is 0.317 e. The van der Waals surface area contributed by atoms with Crippen molar-refractivity contribution in [3.05, 3.63) is 0 Å². The summed E-state index contributed by atoms with van der Waals surface area (Å²) in [6.45, 7) is 1.42. The lowest BCUT2D eigenvalue weighted by Crippen LogP contribution is -2.35. The third kappa shape index (κ3) is 5.26. The maximum atomic E-state index is 10.2. The third-order valence-corrected chi connectivity index (χ3v) is 1.70. The fraction of sp³-hybridized carbons (Fsp3) is 0.800. The van der Waals surface area contributed by atoms with E-state index in [9.17, 15) is 9.36 Å². The molecule has 6 nitrogen and oxygen atoms in total. The van der Waals surface area contributed by atoms with E-state index in [1.54, 1.807) is 0 Å². The molecule has 0 bridgehead atoms. The average Bonchev–Trinajstić information content (AvgIpc) is 1.96. The molecule has 0 aliphatic carbocycles. The minimum Gasteiger partial charge on any atom is -0.391 e. The smallest absolute Gasteiger partial charge is 0.317 e. The maximum absolute atomic E-state index is 10.2. The van der Waals surface area contributed by atoms with Gasteiger partial charge in [-0.15, -0.1) is 0 Å². The van der Waals surface area contributed by atoms with Crippen molar-refractivity contribution in [2.24, 2.45) is 0 Å². The number of amides is 1. The number of rotatable bonds is 6. The molecule has 3 N–H and O–H groups in total. The topological polar surface area (TPSA) is 95.9 Å². The van der Waals surface area contributed by atoms with E-state index in [0.29, 0.717) is 6.41 Å². The Morgan fingerprint density at radius 1 is 1.75 bits per heavy atom. The predicted octanol–water partition coefficient (Wildman–Crippen LogP) is -1.12. The van der Waals surface area contributed by atoms with E-state index in [0.717, 1.165) is 0 Å². The van der Waals surface area contributed by atoms with Crippen LogP contribution in [0.15, 0.2) is 0 Å². The highest BCUT2D eigenvalue weighted by Gasteiger charge is 2.16. The highest BCUT2D eigenvalue weighted by atomic mass is 31.1. The van der Waals surface area contributed by atoms with Gasteiger partial charge in [-0.1, -0.05) is 0 Å². The first-order valence-electron chi connectivity index (χ1n) is 3.32. The average molecular weight is 197 g/mol. The van der Waals surface area contributed by atoms with Gasteiger partial charge >= 0.3 is 8.25 Å². The van der Waals surface area contributed by atoms with Crippen molar-refractivity contribution in [3.63, 3.8) is 0 Å². The van der Waals surface area contributed by atoms with Crippen molar-refractivity contribution in [1.82, 2.24) is 5.32 Å². The summed E-state index contributed by atoms with van der Waals surface area (Å²) in [5.41, 5.74) is 0. The Morgan fingerprint density at radius 2 is 2.33 bits per heavy atom. The Kier molecular flexibility index (Phi) is 5.92. The number of aliphatic hydroxyl groups is 1. The van der Waals surface area contributed by atoms with Crippen molar-refractivity contribution >= 4 is 14.7 Å². The van der Waals surface area contributed by atoms with Crippen molar-refractivity contribution < 1.29 is 23.9 Å². The van der Waals surface area contributed by atoms with Crippen LogP contribution in [0.25, 0.3) is 0 Å². The van der Waals surface area contributed by atoms with E-state index < -0.39 is 20.5 Å². The SMILES string of the molecule is CC(O)C(CNC=O)O[PH](=O)O. The Balaban J connectivity index is 3.85. The Morgan fingerprint density at radius 3 is 2.67 bits per heavy atom. The molecule has 0 aliphatic rings. The molecule has 0 aromatic carbocycles. The first-order valence-corrected chi connectivity index (χ1v) is 4.59. The number of hydrogen-bond donors (Lipinski definition) is 3. The van der Waals surface area contributed by atoms with Crippen molar-refractivity contribution in [2.75, 3.05) is 6.54 Å². The normalized spacial score (nSPS) is 17.9. The molecule has 0 radical (unpaired) electrons. The van der Waals surface area contributed by atoms with E-state index in [1.165, 1.54) is 6.92 Å². The van der Waals surface area contributed by atoms with Crippen molar-refractivity contribution in [3.8, 4) is 0 Å². The standard InChI is InChI=1S/C5H12NO5P/c1-4(8)5(2-6-3-7)11-12(9)10/h3-5,8,12H,2H2,1H3,(H,6,7)(H,9,10). The molecule has 0 aliphatic heterocycles. The van der Waals surface area contributed by atoms with Crippen LogP contribution >= 0.6 is 8.25 Å². The van der Waals surface area contributed by atoms with E-state index in [-0.39, 0.29) is 6.54 Å². The minimum atomic E-state index is -3.07. The van der Waals surface area contributed by atoms with E-state index in [1.807, 2.05) is 0 Å². The fourth-order valence-electron chi connectivity index (χ4n) is 0.604.